The van der Waals surface area contributed by atoms with Crippen molar-refractivity contribution in [1.82, 2.24) is 4.31 Å². The summed E-state index contributed by atoms with van der Waals surface area (Å²) in [6, 6.07) is 4.53. The van der Waals surface area contributed by atoms with Gasteiger partial charge in [-0.25, -0.2) is 8.42 Å². The van der Waals surface area contributed by atoms with Crippen molar-refractivity contribution >= 4 is 44.8 Å². The highest BCUT2D eigenvalue weighted by molar-refractivity contribution is 7.88. The van der Waals surface area contributed by atoms with Crippen LogP contribution in [0.25, 0.3) is 0 Å². The summed E-state index contributed by atoms with van der Waals surface area (Å²) in [6.45, 7) is 3.63. The Balaban J connectivity index is 2.68. The number of rotatable bonds is 6. The van der Waals surface area contributed by atoms with Crippen LogP contribution in [0.15, 0.2) is 18.2 Å². The molecule has 1 rings (SSSR count). The zero-order chi connectivity index (χ0) is 16.2. The summed E-state index contributed by atoms with van der Waals surface area (Å²) in [5.41, 5.74) is 0.407. The molecule has 0 aliphatic heterocycles. The van der Waals surface area contributed by atoms with Crippen molar-refractivity contribution in [2.75, 3.05) is 18.1 Å². The first kappa shape index (κ1) is 18.2. The Hall–Kier alpha value is -0.820. The standard InChI is InChI=1S/C13H18Cl2N2O3S/c1-9(2)17(21(3,19)20)7-6-13(18)16-12-8-10(14)4-5-11(12)15/h4-5,8-9H,6-7H2,1-3H3,(H,16,18). The van der Waals surface area contributed by atoms with Crippen LogP contribution in [0.2, 0.25) is 10.0 Å². The Labute approximate surface area is 135 Å². The Kier molecular flexibility index (Phi) is 6.46. The minimum absolute atomic E-state index is 0.0358. The fourth-order valence-electron chi connectivity index (χ4n) is 1.82. The number of nitrogens with zero attached hydrogens (tertiary/aromatic N) is 1. The normalized spacial score (nSPS) is 12.0. The quantitative estimate of drug-likeness (QED) is 0.855. The van der Waals surface area contributed by atoms with Gasteiger partial charge in [-0.15, -0.1) is 0 Å². The van der Waals surface area contributed by atoms with Crippen molar-refractivity contribution < 1.29 is 13.2 Å². The molecule has 0 saturated carbocycles. The van der Waals surface area contributed by atoms with Crippen LogP contribution in [0.4, 0.5) is 5.69 Å². The maximum atomic E-state index is 11.9. The van der Waals surface area contributed by atoms with E-state index in [4.69, 9.17) is 23.2 Å². The summed E-state index contributed by atoms with van der Waals surface area (Å²) in [5.74, 6) is -0.325. The van der Waals surface area contributed by atoms with Gasteiger partial charge in [0, 0.05) is 24.0 Å². The first-order valence-corrected chi connectivity index (χ1v) is 8.93. The monoisotopic (exact) mass is 352 g/mol. The lowest BCUT2D eigenvalue weighted by molar-refractivity contribution is -0.116. The third kappa shape index (κ3) is 5.82. The van der Waals surface area contributed by atoms with Gasteiger partial charge in [0.1, 0.15) is 0 Å². The molecule has 21 heavy (non-hydrogen) atoms. The Bertz CT molecular complexity index is 618. The highest BCUT2D eigenvalue weighted by Gasteiger charge is 2.21. The average Bonchev–Trinajstić information content (AvgIpc) is 2.31. The van der Waals surface area contributed by atoms with Gasteiger partial charge in [0.05, 0.1) is 17.0 Å². The van der Waals surface area contributed by atoms with E-state index in [1.165, 1.54) is 4.31 Å². The zero-order valence-corrected chi connectivity index (χ0v) is 14.4. The van der Waals surface area contributed by atoms with Gasteiger partial charge >= 0.3 is 0 Å². The number of hydrogen-bond donors (Lipinski definition) is 1. The van der Waals surface area contributed by atoms with Gasteiger partial charge in [-0.05, 0) is 32.0 Å². The SMILES string of the molecule is CC(C)N(CCC(=O)Nc1cc(Cl)ccc1Cl)S(C)(=O)=O. The molecule has 0 heterocycles. The largest absolute Gasteiger partial charge is 0.325 e. The second-order valence-corrected chi connectivity index (χ2v) is 7.67. The summed E-state index contributed by atoms with van der Waals surface area (Å²) in [4.78, 5) is 11.9. The summed E-state index contributed by atoms with van der Waals surface area (Å²) >= 11 is 11.8. The van der Waals surface area contributed by atoms with E-state index in [2.05, 4.69) is 5.32 Å². The molecule has 1 N–H and O–H groups in total. The molecule has 1 aromatic rings. The van der Waals surface area contributed by atoms with Crippen molar-refractivity contribution in [3.05, 3.63) is 28.2 Å². The van der Waals surface area contributed by atoms with Gasteiger partial charge in [-0.3, -0.25) is 4.79 Å². The molecular formula is C13H18Cl2N2O3S. The molecule has 0 spiro atoms. The van der Waals surface area contributed by atoms with Crippen molar-refractivity contribution in [3.63, 3.8) is 0 Å². The molecule has 8 heteroatoms. The number of sulfonamides is 1. The molecule has 0 bridgehead atoms. The molecule has 0 aliphatic carbocycles. The summed E-state index contributed by atoms with van der Waals surface area (Å²) in [7, 11) is -3.34. The number of carbonyl (C=O) groups is 1. The Morgan fingerprint density at radius 3 is 2.48 bits per heavy atom. The highest BCUT2D eigenvalue weighted by atomic mass is 35.5. The number of benzene rings is 1. The smallest absolute Gasteiger partial charge is 0.225 e. The van der Waals surface area contributed by atoms with Crippen LogP contribution < -0.4 is 5.32 Å². The van der Waals surface area contributed by atoms with Crippen LogP contribution in [0.5, 0.6) is 0 Å². The van der Waals surface area contributed by atoms with Crippen LogP contribution >= 0.6 is 23.2 Å². The number of nitrogens with one attached hydrogen (secondary N) is 1. The third-order valence-electron chi connectivity index (χ3n) is 2.76. The number of anilines is 1. The molecule has 5 nitrogen and oxygen atoms in total. The topological polar surface area (TPSA) is 66.5 Å². The number of amides is 1. The van der Waals surface area contributed by atoms with E-state index in [1.807, 2.05) is 0 Å². The van der Waals surface area contributed by atoms with Crippen molar-refractivity contribution in [2.24, 2.45) is 0 Å². The van der Waals surface area contributed by atoms with Gasteiger partial charge < -0.3 is 5.32 Å². The lowest BCUT2D eigenvalue weighted by Gasteiger charge is -2.23. The van der Waals surface area contributed by atoms with Crippen LogP contribution in [-0.2, 0) is 14.8 Å². The molecule has 0 aliphatic rings. The lowest BCUT2D eigenvalue weighted by Crippen LogP contribution is -2.38. The molecule has 118 valence electrons. The van der Waals surface area contributed by atoms with Gasteiger partial charge in [0.25, 0.3) is 0 Å². The summed E-state index contributed by atoms with van der Waals surface area (Å²) in [6.07, 6.45) is 1.16. The van der Waals surface area contributed by atoms with E-state index in [-0.39, 0.29) is 24.9 Å². The molecule has 0 fully saturated rings. The molecular weight excluding hydrogens is 335 g/mol. The predicted octanol–water partition coefficient (Wildman–Crippen LogP) is 2.99. The van der Waals surface area contributed by atoms with Crippen molar-refractivity contribution in [3.8, 4) is 0 Å². The molecule has 1 aromatic carbocycles. The Morgan fingerprint density at radius 1 is 1.33 bits per heavy atom. The van der Waals surface area contributed by atoms with Crippen LogP contribution in [0.1, 0.15) is 20.3 Å². The second kappa shape index (κ2) is 7.45. The number of halogens is 2. The molecule has 0 radical (unpaired) electrons. The maximum Gasteiger partial charge on any atom is 0.225 e. The summed E-state index contributed by atoms with van der Waals surface area (Å²) in [5, 5.41) is 3.45. The van der Waals surface area contributed by atoms with Crippen LogP contribution in [-0.4, -0.2) is 37.5 Å². The van der Waals surface area contributed by atoms with Crippen LogP contribution in [0, 0.1) is 0 Å². The zero-order valence-electron chi connectivity index (χ0n) is 12.1. The average molecular weight is 353 g/mol. The van der Waals surface area contributed by atoms with E-state index in [9.17, 15) is 13.2 Å². The van der Waals surface area contributed by atoms with Crippen molar-refractivity contribution in [1.29, 1.82) is 0 Å². The number of hydrogen-bond acceptors (Lipinski definition) is 3. The molecule has 1 amide bonds. The second-order valence-electron chi connectivity index (χ2n) is 4.89. The molecule has 0 atom stereocenters. The lowest BCUT2D eigenvalue weighted by atomic mass is 10.3. The highest BCUT2D eigenvalue weighted by Crippen LogP contribution is 2.25. The first-order chi connectivity index (χ1) is 9.61. The number of carbonyl (C=O) groups excluding carboxylic acids is 1. The predicted molar refractivity (Wildman–Crippen MR) is 86.4 cm³/mol. The molecule has 0 aromatic heterocycles. The fraction of sp³-hybridized carbons (Fsp3) is 0.462. The van der Waals surface area contributed by atoms with E-state index >= 15 is 0 Å². The minimum atomic E-state index is -3.34. The van der Waals surface area contributed by atoms with Crippen molar-refractivity contribution in [2.45, 2.75) is 26.3 Å². The molecule has 0 saturated heterocycles. The maximum absolute atomic E-state index is 11.9. The van der Waals surface area contributed by atoms with E-state index in [0.717, 1.165) is 6.26 Å². The van der Waals surface area contributed by atoms with Gasteiger partial charge in [0.15, 0.2) is 0 Å². The fourth-order valence-corrected chi connectivity index (χ4v) is 3.35. The van der Waals surface area contributed by atoms with Gasteiger partial charge in [0.2, 0.25) is 15.9 Å². The van der Waals surface area contributed by atoms with E-state index < -0.39 is 10.0 Å². The van der Waals surface area contributed by atoms with E-state index in [0.29, 0.717) is 15.7 Å². The first-order valence-electron chi connectivity index (χ1n) is 6.33. The van der Waals surface area contributed by atoms with Gasteiger partial charge in [-0.1, -0.05) is 23.2 Å². The third-order valence-corrected chi connectivity index (χ3v) is 4.78. The molecule has 0 unspecified atom stereocenters. The minimum Gasteiger partial charge on any atom is -0.325 e. The Morgan fingerprint density at radius 2 is 1.95 bits per heavy atom. The van der Waals surface area contributed by atoms with Gasteiger partial charge in [-0.2, -0.15) is 4.31 Å². The van der Waals surface area contributed by atoms with Crippen LogP contribution in [0.3, 0.4) is 0 Å². The summed E-state index contributed by atoms with van der Waals surface area (Å²) < 4.78 is 24.5. The van der Waals surface area contributed by atoms with E-state index in [1.54, 1.807) is 32.0 Å².